The van der Waals surface area contributed by atoms with Gasteiger partial charge in [-0.2, -0.15) is 4.31 Å². The summed E-state index contributed by atoms with van der Waals surface area (Å²) in [6, 6.07) is 5.38. The van der Waals surface area contributed by atoms with E-state index >= 15 is 0 Å². The molecular formula is C16H20N4O4S. The van der Waals surface area contributed by atoms with E-state index in [1.165, 1.54) is 35.7 Å². The number of esters is 1. The SMILES string of the molecule is COC(=O)c1ccc(S(=O)(=O)N2CCNCC2c2nccn2C)cc1. The largest absolute Gasteiger partial charge is 0.465 e. The topological polar surface area (TPSA) is 93.5 Å². The first-order valence-corrected chi connectivity index (χ1v) is 9.27. The lowest BCUT2D eigenvalue weighted by Gasteiger charge is -2.34. The molecule has 0 saturated carbocycles. The van der Waals surface area contributed by atoms with Crippen molar-refractivity contribution in [1.82, 2.24) is 19.2 Å². The maximum absolute atomic E-state index is 13.1. The van der Waals surface area contributed by atoms with Gasteiger partial charge in [0.05, 0.1) is 23.6 Å². The second-order valence-corrected chi connectivity index (χ2v) is 7.64. The third-order valence-electron chi connectivity index (χ3n) is 4.23. The molecule has 0 radical (unpaired) electrons. The molecule has 1 saturated heterocycles. The summed E-state index contributed by atoms with van der Waals surface area (Å²) in [6.45, 7) is 1.41. The molecule has 1 fully saturated rings. The van der Waals surface area contributed by atoms with Crippen LogP contribution in [0.15, 0.2) is 41.6 Å². The number of imidazole rings is 1. The predicted octanol–water partition coefficient (Wildman–Crippen LogP) is 0.542. The van der Waals surface area contributed by atoms with Crippen LogP contribution in [0, 0.1) is 0 Å². The molecule has 1 aromatic carbocycles. The van der Waals surface area contributed by atoms with E-state index < -0.39 is 16.0 Å². The molecule has 2 heterocycles. The highest BCUT2D eigenvalue weighted by molar-refractivity contribution is 7.89. The van der Waals surface area contributed by atoms with Gasteiger partial charge in [0, 0.05) is 39.1 Å². The molecule has 0 spiro atoms. The molecule has 0 amide bonds. The van der Waals surface area contributed by atoms with Crippen LogP contribution in [0.1, 0.15) is 22.2 Å². The fourth-order valence-corrected chi connectivity index (χ4v) is 4.49. The summed E-state index contributed by atoms with van der Waals surface area (Å²) in [6.07, 6.45) is 3.44. The Balaban J connectivity index is 1.94. The normalized spacial score (nSPS) is 18.9. The monoisotopic (exact) mass is 364 g/mol. The number of piperazine rings is 1. The Morgan fingerprint density at radius 1 is 1.32 bits per heavy atom. The first-order chi connectivity index (χ1) is 11.9. The van der Waals surface area contributed by atoms with E-state index in [1.54, 1.807) is 12.4 Å². The van der Waals surface area contributed by atoms with Crippen molar-refractivity contribution in [3.05, 3.63) is 48.0 Å². The average Bonchev–Trinajstić information content (AvgIpc) is 3.07. The van der Waals surface area contributed by atoms with Crippen LogP contribution in [-0.4, -0.2) is 55.0 Å². The standard InChI is InChI=1S/C16H20N4O4S/c1-19-9-8-18-15(19)14-11-17-7-10-20(14)25(22,23)13-5-3-12(4-6-13)16(21)24-2/h3-6,8-9,14,17H,7,10-11H2,1-2H3. The lowest BCUT2D eigenvalue weighted by molar-refractivity contribution is 0.0600. The van der Waals surface area contributed by atoms with Crippen LogP contribution < -0.4 is 5.32 Å². The smallest absolute Gasteiger partial charge is 0.337 e. The minimum Gasteiger partial charge on any atom is -0.465 e. The van der Waals surface area contributed by atoms with Gasteiger partial charge in [-0.25, -0.2) is 18.2 Å². The molecule has 1 N–H and O–H groups in total. The van der Waals surface area contributed by atoms with Gasteiger partial charge in [-0.05, 0) is 24.3 Å². The van der Waals surface area contributed by atoms with Gasteiger partial charge >= 0.3 is 5.97 Å². The maximum Gasteiger partial charge on any atom is 0.337 e. The van der Waals surface area contributed by atoms with Crippen molar-refractivity contribution < 1.29 is 17.9 Å². The third-order valence-corrected chi connectivity index (χ3v) is 6.16. The molecule has 0 aliphatic carbocycles. The van der Waals surface area contributed by atoms with Crippen LogP contribution >= 0.6 is 0 Å². The Morgan fingerprint density at radius 3 is 2.64 bits per heavy atom. The van der Waals surface area contributed by atoms with Crippen molar-refractivity contribution in [3.63, 3.8) is 0 Å². The number of nitrogens with zero attached hydrogens (tertiary/aromatic N) is 3. The quantitative estimate of drug-likeness (QED) is 0.796. The first-order valence-electron chi connectivity index (χ1n) is 7.83. The van der Waals surface area contributed by atoms with Crippen molar-refractivity contribution in [2.45, 2.75) is 10.9 Å². The van der Waals surface area contributed by atoms with Crippen LogP contribution in [0.2, 0.25) is 0 Å². The molecular weight excluding hydrogens is 344 g/mol. The van der Waals surface area contributed by atoms with Gasteiger partial charge < -0.3 is 14.6 Å². The van der Waals surface area contributed by atoms with E-state index in [1.807, 2.05) is 11.6 Å². The third kappa shape index (κ3) is 3.30. The predicted molar refractivity (Wildman–Crippen MR) is 90.5 cm³/mol. The number of hydrogen-bond donors (Lipinski definition) is 1. The number of benzene rings is 1. The molecule has 1 aliphatic heterocycles. The van der Waals surface area contributed by atoms with E-state index in [2.05, 4.69) is 15.0 Å². The molecule has 1 unspecified atom stereocenters. The Morgan fingerprint density at radius 2 is 2.04 bits per heavy atom. The molecule has 1 atom stereocenters. The number of rotatable bonds is 4. The van der Waals surface area contributed by atoms with Crippen molar-refractivity contribution in [2.24, 2.45) is 7.05 Å². The van der Waals surface area contributed by atoms with Gasteiger partial charge in [0.15, 0.2) is 0 Å². The fourth-order valence-electron chi connectivity index (χ4n) is 2.91. The Hall–Kier alpha value is -2.23. The summed E-state index contributed by atoms with van der Waals surface area (Å²) in [7, 11) is -0.592. The van der Waals surface area contributed by atoms with E-state index in [9.17, 15) is 13.2 Å². The summed E-state index contributed by atoms with van der Waals surface area (Å²) in [5, 5.41) is 3.21. The van der Waals surface area contributed by atoms with Crippen LogP contribution in [0.3, 0.4) is 0 Å². The number of sulfonamides is 1. The van der Waals surface area contributed by atoms with E-state index in [4.69, 9.17) is 0 Å². The molecule has 3 rings (SSSR count). The number of hydrogen-bond acceptors (Lipinski definition) is 6. The zero-order valence-electron chi connectivity index (χ0n) is 14.0. The molecule has 8 nitrogen and oxygen atoms in total. The molecule has 9 heteroatoms. The lowest BCUT2D eigenvalue weighted by atomic mass is 10.2. The average molecular weight is 364 g/mol. The highest BCUT2D eigenvalue weighted by atomic mass is 32.2. The minimum absolute atomic E-state index is 0.140. The van der Waals surface area contributed by atoms with E-state index in [0.29, 0.717) is 31.0 Å². The summed E-state index contributed by atoms with van der Waals surface area (Å²) in [5.74, 6) is 0.180. The molecule has 1 aliphatic rings. The number of methoxy groups -OCH3 is 1. The molecule has 1 aromatic heterocycles. The Bertz CT molecular complexity index is 861. The fraction of sp³-hybridized carbons (Fsp3) is 0.375. The summed E-state index contributed by atoms with van der Waals surface area (Å²) < 4.78 is 34.1. The van der Waals surface area contributed by atoms with Gasteiger partial charge in [-0.15, -0.1) is 0 Å². The maximum atomic E-state index is 13.1. The van der Waals surface area contributed by atoms with Gasteiger partial charge in [0.2, 0.25) is 10.0 Å². The zero-order valence-corrected chi connectivity index (χ0v) is 14.9. The van der Waals surface area contributed by atoms with E-state index in [-0.39, 0.29) is 10.9 Å². The number of carbonyl (C=O) groups excluding carboxylic acids is 1. The van der Waals surface area contributed by atoms with E-state index in [0.717, 1.165) is 0 Å². The second-order valence-electron chi connectivity index (χ2n) is 5.75. The number of aryl methyl sites for hydroxylation is 1. The zero-order chi connectivity index (χ0) is 18.0. The summed E-state index contributed by atoms with van der Waals surface area (Å²) in [4.78, 5) is 16.0. The Kier molecular flexibility index (Phi) is 4.89. The number of aromatic nitrogens is 2. The Labute approximate surface area is 146 Å². The summed E-state index contributed by atoms with van der Waals surface area (Å²) >= 11 is 0. The molecule has 2 aromatic rings. The van der Waals surface area contributed by atoms with Crippen molar-refractivity contribution in [1.29, 1.82) is 0 Å². The minimum atomic E-state index is -3.72. The summed E-state index contributed by atoms with van der Waals surface area (Å²) in [5.41, 5.74) is 0.308. The molecule has 134 valence electrons. The van der Waals surface area contributed by atoms with Crippen LogP contribution in [-0.2, 0) is 21.8 Å². The number of carbonyl (C=O) groups is 1. The molecule has 0 bridgehead atoms. The number of ether oxygens (including phenoxy) is 1. The molecule has 25 heavy (non-hydrogen) atoms. The lowest BCUT2D eigenvalue weighted by Crippen LogP contribution is -2.49. The number of nitrogens with one attached hydrogen (secondary N) is 1. The van der Waals surface area contributed by atoms with Gasteiger partial charge in [0.1, 0.15) is 5.82 Å². The van der Waals surface area contributed by atoms with Crippen LogP contribution in [0.4, 0.5) is 0 Å². The highest BCUT2D eigenvalue weighted by Gasteiger charge is 2.36. The first kappa shape index (κ1) is 17.6. The van der Waals surface area contributed by atoms with Gasteiger partial charge in [0.25, 0.3) is 0 Å². The van der Waals surface area contributed by atoms with Crippen molar-refractivity contribution in [2.75, 3.05) is 26.7 Å². The van der Waals surface area contributed by atoms with Gasteiger partial charge in [-0.1, -0.05) is 0 Å². The second kappa shape index (κ2) is 6.95. The van der Waals surface area contributed by atoms with Crippen LogP contribution in [0.25, 0.3) is 0 Å². The van der Waals surface area contributed by atoms with Crippen LogP contribution in [0.5, 0.6) is 0 Å². The highest BCUT2D eigenvalue weighted by Crippen LogP contribution is 2.28. The van der Waals surface area contributed by atoms with Crippen molar-refractivity contribution >= 4 is 16.0 Å². The van der Waals surface area contributed by atoms with Crippen molar-refractivity contribution in [3.8, 4) is 0 Å². The van der Waals surface area contributed by atoms with Gasteiger partial charge in [-0.3, -0.25) is 0 Å².